The molecule has 1 unspecified atom stereocenters. The highest BCUT2D eigenvalue weighted by atomic mass is 16.5. The first kappa shape index (κ1) is 19.5. The number of carbonyl (C=O) groups is 1. The van der Waals surface area contributed by atoms with E-state index in [0.717, 1.165) is 12.8 Å². The van der Waals surface area contributed by atoms with Crippen LogP contribution in [0.25, 0.3) is 0 Å². The predicted molar refractivity (Wildman–Crippen MR) is 102 cm³/mol. The first-order valence-electron chi connectivity index (χ1n) is 8.96. The van der Waals surface area contributed by atoms with Crippen molar-refractivity contribution in [2.45, 2.75) is 18.9 Å². The zero-order valence-corrected chi connectivity index (χ0v) is 16.2. The van der Waals surface area contributed by atoms with Gasteiger partial charge in [0, 0.05) is 18.7 Å². The lowest BCUT2D eigenvalue weighted by Crippen LogP contribution is -2.46. The van der Waals surface area contributed by atoms with Gasteiger partial charge in [0.05, 0.1) is 33.6 Å². The Morgan fingerprint density at radius 3 is 2.54 bits per heavy atom. The molecule has 1 aromatic carbocycles. The van der Waals surface area contributed by atoms with Crippen LogP contribution in [0.2, 0.25) is 0 Å². The number of hydrogen-bond acceptors (Lipinski definition) is 7. The molecule has 0 saturated carbocycles. The summed E-state index contributed by atoms with van der Waals surface area (Å²) in [6, 6.07) is 8.50. The van der Waals surface area contributed by atoms with Gasteiger partial charge in [0.15, 0.2) is 11.5 Å². The second-order valence-electron chi connectivity index (χ2n) is 6.21. The number of carbonyl (C=O) groups excluding carboxylic acids is 1. The molecular weight excluding hydrogens is 364 g/mol. The third-order valence-electron chi connectivity index (χ3n) is 4.42. The number of amides is 2. The highest BCUT2D eigenvalue weighted by Crippen LogP contribution is 2.35. The van der Waals surface area contributed by atoms with Gasteiger partial charge in [0.1, 0.15) is 6.10 Å². The van der Waals surface area contributed by atoms with Gasteiger partial charge in [-0.15, -0.1) is 10.2 Å². The van der Waals surface area contributed by atoms with Crippen molar-refractivity contribution in [1.82, 2.24) is 15.1 Å². The number of benzene rings is 1. The van der Waals surface area contributed by atoms with Crippen molar-refractivity contribution in [1.29, 1.82) is 0 Å². The highest BCUT2D eigenvalue weighted by molar-refractivity contribution is 5.91. The van der Waals surface area contributed by atoms with E-state index in [-0.39, 0.29) is 12.1 Å². The van der Waals surface area contributed by atoms with E-state index in [0.29, 0.717) is 42.0 Å². The second kappa shape index (κ2) is 9.12. The van der Waals surface area contributed by atoms with Crippen molar-refractivity contribution in [3.05, 3.63) is 30.3 Å². The lowest BCUT2D eigenvalue weighted by atomic mass is 10.1. The molecule has 1 aliphatic heterocycles. The Labute approximate surface area is 163 Å². The number of anilines is 1. The quantitative estimate of drug-likeness (QED) is 0.813. The summed E-state index contributed by atoms with van der Waals surface area (Å²) < 4.78 is 21.5. The van der Waals surface area contributed by atoms with Gasteiger partial charge in [-0.05, 0) is 25.0 Å². The molecule has 2 amide bonds. The van der Waals surface area contributed by atoms with Gasteiger partial charge in [-0.3, -0.25) is 0 Å². The Morgan fingerprint density at radius 2 is 1.86 bits per heavy atom. The van der Waals surface area contributed by atoms with E-state index in [1.807, 2.05) is 0 Å². The Hall–Kier alpha value is -3.23. The van der Waals surface area contributed by atoms with Gasteiger partial charge in [-0.1, -0.05) is 6.07 Å². The molecule has 0 bridgehead atoms. The number of hydrogen-bond donors (Lipinski definition) is 1. The number of likely N-dealkylation sites (tertiary alicyclic amines) is 1. The van der Waals surface area contributed by atoms with E-state index in [9.17, 15) is 4.79 Å². The van der Waals surface area contributed by atoms with Gasteiger partial charge in [-0.2, -0.15) is 0 Å². The zero-order valence-electron chi connectivity index (χ0n) is 16.2. The fourth-order valence-electron chi connectivity index (χ4n) is 3.05. The van der Waals surface area contributed by atoms with Crippen molar-refractivity contribution < 1.29 is 23.7 Å². The summed E-state index contributed by atoms with van der Waals surface area (Å²) in [5.74, 6) is 1.86. The maximum Gasteiger partial charge on any atom is 0.322 e. The van der Waals surface area contributed by atoms with Crippen molar-refractivity contribution in [2.24, 2.45) is 0 Å². The van der Waals surface area contributed by atoms with Crippen LogP contribution in [-0.4, -0.2) is 61.7 Å². The Bertz CT molecular complexity index is 799. The van der Waals surface area contributed by atoms with Crippen LogP contribution >= 0.6 is 0 Å². The third kappa shape index (κ3) is 4.54. The number of piperidine rings is 1. The molecule has 0 aliphatic carbocycles. The summed E-state index contributed by atoms with van der Waals surface area (Å²) in [6.45, 7) is 1.10. The number of para-hydroxylation sites is 1. The molecule has 9 nitrogen and oxygen atoms in total. The van der Waals surface area contributed by atoms with Gasteiger partial charge < -0.3 is 29.2 Å². The summed E-state index contributed by atoms with van der Waals surface area (Å²) in [4.78, 5) is 14.4. The van der Waals surface area contributed by atoms with Crippen LogP contribution in [0.1, 0.15) is 12.8 Å². The van der Waals surface area contributed by atoms with Crippen LogP contribution in [0.5, 0.6) is 23.3 Å². The number of ether oxygens (including phenoxy) is 4. The molecule has 1 saturated heterocycles. The van der Waals surface area contributed by atoms with Gasteiger partial charge in [0.2, 0.25) is 11.8 Å². The van der Waals surface area contributed by atoms with Crippen molar-refractivity contribution >= 4 is 11.7 Å². The highest BCUT2D eigenvalue weighted by Gasteiger charge is 2.26. The lowest BCUT2D eigenvalue weighted by Gasteiger charge is -2.32. The Kier molecular flexibility index (Phi) is 6.36. The minimum atomic E-state index is -0.222. The van der Waals surface area contributed by atoms with E-state index in [1.165, 1.54) is 14.2 Å². The predicted octanol–water partition coefficient (Wildman–Crippen LogP) is 2.58. The van der Waals surface area contributed by atoms with Gasteiger partial charge in [0.25, 0.3) is 0 Å². The summed E-state index contributed by atoms with van der Waals surface area (Å²) in [7, 11) is 4.62. The van der Waals surface area contributed by atoms with Crippen LogP contribution in [0.3, 0.4) is 0 Å². The molecule has 9 heteroatoms. The average Bonchev–Trinajstić information content (AvgIpc) is 2.74. The van der Waals surface area contributed by atoms with Gasteiger partial charge in [-0.25, -0.2) is 4.79 Å². The van der Waals surface area contributed by atoms with Gasteiger partial charge >= 0.3 is 6.03 Å². The fraction of sp³-hybridized carbons (Fsp3) is 0.421. The molecule has 0 spiro atoms. The summed E-state index contributed by atoms with van der Waals surface area (Å²) in [5.41, 5.74) is 0.552. The van der Waals surface area contributed by atoms with Crippen LogP contribution in [0, 0.1) is 0 Å². The Morgan fingerprint density at radius 1 is 1.07 bits per heavy atom. The molecule has 1 N–H and O–H groups in total. The summed E-state index contributed by atoms with van der Waals surface area (Å²) in [5, 5.41) is 10.8. The third-order valence-corrected chi connectivity index (χ3v) is 4.42. The first-order valence-corrected chi connectivity index (χ1v) is 8.96. The van der Waals surface area contributed by atoms with E-state index in [4.69, 9.17) is 18.9 Å². The molecule has 2 heterocycles. The number of rotatable bonds is 6. The zero-order chi connectivity index (χ0) is 19.9. The smallest absolute Gasteiger partial charge is 0.322 e. The van der Waals surface area contributed by atoms with Crippen molar-refractivity contribution in [2.75, 3.05) is 39.7 Å². The van der Waals surface area contributed by atoms with Crippen LogP contribution in [0.4, 0.5) is 10.5 Å². The molecule has 2 aromatic rings. The standard InChI is InChI=1S/C19H24N4O5/c1-25-15-8-4-7-14(18(15)27-3)20-19(24)23-11-5-6-13(12-23)28-17-10-9-16(26-2)21-22-17/h4,7-10,13H,5-6,11-12H2,1-3H3,(H,20,24). The first-order chi connectivity index (χ1) is 13.6. The van der Waals surface area contributed by atoms with E-state index < -0.39 is 0 Å². The van der Waals surface area contributed by atoms with Crippen LogP contribution in [-0.2, 0) is 0 Å². The minimum Gasteiger partial charge on any atom is -0.493 e. The number of nitrogens with one attached hydrogen (secondary N) is 1. The molecule has 1 atom stereocenters. The number of urea groups is 1. The average molecular weight is 388 g/mol. The maximum absolute atomic E-state index is 12.7. The molecule has 1 aliphatic rings. The molecular formula is C19H24N4O5. The van der Waals surface area contributed by atoms with E-state index in [2.05, 4.69) is 15.5 Å². The van der Waals surface area contributed by atoms with Crippen molar-refractivity contribution in [3.63, 3.8) is 0 Å². The van der Waals surface area contributed by atoms with Crippen LogP contribution in [0.15, 0.2) is 30.3 Å². The molecule has 1 aromatic heterocycles. The molecule has 150 valence electrons. The van der Waals surface area contributed by atoms with E-state index >= 15 is 0 Å². The fourth-order valence-corrected chi connectivity index (χ4v) is 3.05. The molecule has 28 heavy (non-hydrogen) atoms. The Balaban J connectivity index is 1.63. The molecule has 0 radical (unpaired) electrons. The SMILES string of the molecule is COc1ccc(OC2CCCN(C(=O)Nc3cccc(OC)c3OC)C2)nn1. The normalized spacial score (nSPS) is 16.2. The lowest BCUT2D eigenvalue weighted by molar-refractivity contribution is 0.101. The number of aromatic nitrogens is 2. The van der Waals surface area contributed by atoms with Crippen LogP contribution < -0.4 is 24.3 Å². The number of methoxy groups -OCH3 is 3. The number of nitrogens with zero attached hydrogens (tertiary/aromatic N) is 3. The maximum atomic E-state index is 12.7. The van der Waals surface area contributed by atoms with Crippen molar-refractivity contribution in [3.8, 4) is 23.3 Å². The summed E-state index contributed by atoms with van der Waals surface area (Å²) in [6.07, 6.45) is 1.51. The molecule has 1 fully saturated rings. The minimum absolute atomic E-state index is 0.158. The van der Waals surface area contributed by atoms with E-state index in [1.54, 1.807) is 42.3 Å². The monoisotopic (exact) mass is 388 g/mol. The molecule has 3 rings (SSSR count). The largest absolute Gasteiger partial charge is 0.493 e. The topological polar surface area (TPSA) is 95.0 Å². The second-order valence-corrected chi connectivity index (χ2v) is 6.21. The summed E-state index contributed by atoms with van der Waals surface area (Å²) >= 11 is 0.